The van der Waals surface area contributed by atoms with E-state index in [1.54, 1.807) is 25.1 Å². The van der Waals surface area contributed by atoms with Gasteiger partial charge in [-0.15, -0.1) is 0 Å². The minimum Gasteiger partial charge on any atom is -0.486 e. The van der Waals surface area contributed by atoms with Crippen LogP contribution >= 0.6 is 0 Å². The fourth-order valence-electron chi connectivity index (χ4n) is 1.66. The third-order valence-corrected chi connectivity index (χ3v) is 2.81. The molecule has 18 heavy (non-hydrogen) atoms. The molecule has 3 heteroatoms. The number of aryl methyl sites for hydroxylation is 1. The minimum absolute atomic E-state index is 0.290. The van der Waals surface area contributed by atoms with Crippen LogP contribution in [0.5, 0.6) is 5.75 Å². The maximum absolute atomic E-state index is 13.7. The second-order valence-corrected chi connectivity index (χ2v) is 4.20. The van der Waals surface area contributed by atoms with Crippen molar-refractivity contribution in [2.75, 3.05) is 0 Å². The third kappa shape index (κ3) is 2.87. The number of hydrogen-bond acceptors (Lipinski definition) is 2. The Morgan fingerprint density at radius 3 is 2.39 bits per heavy atom. The molecule has 2 rings (SSSR count). The molecule has 0 aliphatic rings. The highest BCUT2D eigenvalue weighted by molar-refractivity contribution is 5.30. The van der Waals surface area contributed by atoms with E-state index in [0.29, 0.717) is 18.7 Å². The van der Waals surface area contributed by atoms with Crippen LogP contribution in [0.15, 0.2) is 42.5 Å². The molecule has 2 N–H and O–H groups in total. The number of ether oxygens (including phenoxy) is 1. The van der Waals surface area contributed by atoms with Crippen molar-refractivity contribution in [3.05, 3.63) is 65.0 Å². The van der Waals surface area contributed by atoms with E-state index in [2.05, 4.69) is 0 Å². The molecule has 0 aromatic heterocycles. The van der Waals surface area contributed by atoms with Crippen LogP contribution in [0.4, 0.5) is 4.39 Å². The average Bonchev–Trinajstić information content (AvgIpc) is 2.41. The zero-order chi connectivity index (χ0) is 13.0. The molecule has 2 aromatic rings. The number of nitrogens with two attached hydrogens (primary N) is 1. The Morgan fingerprint density at radius 2 is 1.72 bits per heavy atom. The summed E-state index contributed by atoms with van der Waals surface area (Å²) in [5.74, 6) is -0.00557. The van der Waals surface area contributed by atoms with Gasteiger partial charge in [-0.3, -0.25) is 0 Å². The van der Waals surface area contributed by atoms with Gasteiger partial charge >= 0.3 is 0 Å². The van der Waals surface area contributed by atoms with Crippen molar-refractivity contribution < 1.29 is 9.13 Å². The van der Waals surface area contributed by atoms with E-state index >= 15 is 0 Å². The Hall–Kier alpha value is -1.87. The summed E-state index contributed by atoms with van der Waals surface area (Å²) < 4.78 is 19.2. The zero-order valence-electron chi connectivity index (χ0n) is 10.3. The summed E-state index contributed by atoms with van der Waals surface area (Å²) in [5, 5.41) is 0. The van der Waals surface area contributed by atoms with E-state index in [1.807, 2.05) is 24.3 Å². The van der Waals surface area contributed by atoms with Crippen LogP contribution in [0.3, 0.4) is 0 Å². The van der Waals surface area contributed by atoms with E-state index in [1.165, 1.54) is 0 Å². The van der Waals surface area contributed by atoms with E-state index < -0.39 is 0 Å². The molecule has 0 unspecified atom stereocenters. The summed E-state index contributed by atoms with van der Waals surface area (Å²) in [6.07, 6.45) is 0. The van der Waals surface area contributed by atoms with E-state index in [9.17, 15) is 4.39 Å². The molecule has 94 valence electrons. The first-order chi connectivity index (χ1) is 8.70. The molecule has 0 amide bonds. The molecule has 0 atom stereocenters. The monoisotopic (exact) mass is 245 g/mol. The lowest BCUT2D eigenvalue weighted by Gasteiger charge is -2.09. The summed E-state index contributed by atoms with van der Waals surface area (Å²) in [4.78, 5) is 0. The summed E-state index contributed by atoms with van der Waals surface area (Å²) in [5.41, 5.74) is 8.17. The van der Waals surface area contributed by atoms with Crippen LogP contribution in [0.25, 0.3) is 0 Å². The van der Waals surface area contributed by atoms with Crippen LogP contribution in [0.2, 0.25) is 0 Å². The number of halogens is 1. The lowest BCUT2D eigenvalue weighted by Crippen LogP contribution is -2.00. The fourth-order valence-corrected chi connectivity index (χ4v) is 1.66. The molecule has 0 saturated heterocycles. The normalized spacial score (nSPS) is 10.4. The molecule has 0 aliphatic carbocycles. The van der Waals surface area contributed by atoms with E-state index in [-0.39, 0.29) is 11.6 Å². The largest absolute Gasteiger partial charge is 0.486 e. The molecule has 0 fully saturated rings. The SMILES string of the molecule is Cc1cccc(OCc2ccc(CN)cc2)c1F. The van der Waals surface area contributed by atoms with Gasteiger partial charge in [0.05, 0.1) is 0 Å². The number of benzene rings is 2. The number of hydrogen-bond donors (Lipinski definition) is 1. The molecular formula is C15H16FNO. The van der Waals surface area contributed by atoms with Crippen molar-refractivity contribution in [1.29, 1.82) is 0 Å². The van der Waals surface area contributed by atoms with Gasteiger partial charge in [-0.2, -0.15) is 0 Å². The number of rotatable bonds is 4. The van der Waals surface area contributed by atoms with Crippen molar-refractivity contribution in [2.24, 2.45) is 5.73 Å². The van der Waals surface area contributed by atoms with Crippen molar-refractivity contribution in [2.45, 2.75) is 20.1 Å². The van der Waals surface area contributed by atoms with Gasteiger partial charge in [0.2, 0.25) is 0 Å². The minimum atomic E-state index is -0.295. The molecular weight excluding hydrogens is 229 g/mol. The molecule has 0 spiro atoms. The maximum Gasteiger partial charge on any atom is 0.167 e. The van der Waals surface area contributed by atoms with Crippen molar-refractivity contribution in [3.63, 3.8) is 0 Å². The lowest BCUT2D eigenvalue weighted by molar-refractivity contribution is 0.289. The molecule has 0 bridgehead atoms. The second kappa shape index (κ2) is 5.65. The van der Waals surface area contributed by atoms with Gasteiger partial charge in [-0.1, -0.05) is 36.4 Å². The summed E-state index contributed by atoms with van der Waals surface area (Å²) in [6, 6.07) is 12.9. The average molecular weight is 245 g/mol. The van der Waals surface area contributed by atoms with Gasteiger partial charge in [-0.05, 0) is 29.7 Å². The van der Waals surface area contributed by atoms with Crippen LogP contribution in [-0.4, -0.2) is 0 Å². The van der Waals surface area contributed by atoms with Crippen molar-refractivity contribution in [1.82, 2.24) is 0 Å². The third-order valence-electron chi connectivity index (χ3n) is 2.81. The first-order valence-corrected chi connectivity index (χ1v) is 5.86. The van der Waals surface area contributed by atoms with Crippen molar-refractivity contribution >= 4 is 0 Å². The summed E-state index contributed by atoms with van der Waals surface area (Å²) in [7, 11) is 0. The van der Waals surface area contributed by atoms with Gasteiger partial charge in [0.1, 0.15) is 6.61 Å². The van der Waals surface area contributed by atoms with Gasteiger partial charge in [0, 0.05) is 6.54 Å². The quantitative estimate of drug-likeness (QED) is 0.898. The van der Waals surface area contributed by atoms with E-state index in [0.717, 1.165) is 11.1 Å². The standard InChI is InChI=1S/C15H16FNO/c1-11-3-2-4-14(15(11)16)18-10-13-7-5-12(9-17)6-8-13/h2-8H,9-10,17H2,1H3. The molecule has 0 saturated carbocycles. The van der Waals surface area contributed by atoms with Crippen LogP contribution in [0.1, 0.15) is 16.7 Å². The highest BCUT2D eigenvalue weighted by Crippen LogP contribution is 2.20. The predicted octanol–water partition coefficient (Wildman–Crippen LogP) is 3.17. The van der Waals surface area contributed by atoms with E-state index in [4.69, 9.17) is 10.5 Å². The first-order valence-electron chi connectivity index (χ1n) is 5.86. The van der Waals surface area contributed by atoms with Crippen LogP contribution < -0.4 is 10.5 Å². The van der Waals surface area contributed by atoms with Crippen molar-refractivity contribution in [3.8, 4) is 5.75 Å². The molecule has 0 radical (unpaired) electrons. The van der Waals surface area contributed by atoms with Gasteiger partial charge in [0.15, 0.2) is 11.6 Å². The Kier molecular flexibility index (Phi) is 3.95. The smallest absolute Gasteiger partial charge is 0.167 e. The van der Waals surface area contributed by atoms with Gasteiger partial charge in [-0.25, -0.2) is 4.39 Å². The molecule has 2 aromatic carbocycles. The highest BCUT2D eigenvalue weighted by atomic mass is 19.1. The topological polar surface area (TPSA) is 35.2 Å². The van der Waals surface area contributed by atoms with Gasteiger partial charge in [0.25, 0.3) is 0 Å². The highest BCUT2D eigenvalue weighted by Gasteiger charge is 2.05. The summed E-state index contributed by atoms with van der Waals surface area (Å²) in [6.45, 7) is 2.59. The molecule has 2 nitrogen and oxygen atoms in total. The Morgan fingerprint density at radius 1 is 1.06 bits per heavy atom. The molecule has 0 aliphatic heterocycles. The second-order valence-electron chi connectivity index (χ2n) is 4.20. The molecule has 0 heterocycles. The fraction of sp³-hybridized carbons (Fsp3) is 0.200. The van der Waals surface area contributed by atoms with Crippen LogP contribution in [-0.2, 0) is 13.2 Å². The maximum atomic E-state index is 13.7. The lowest BCUT2D eigenvalue weighted by atomic mass is 10.1. The van der Waals surface area contributed by atoms with Gasteiger partial charge < -0.3 is 10.5 Å². The first kappa shape index (κ1) is 12.6. The predicted molar refractivity (Wildman–Crippen MR) is 69.8 cm³/mol. The Bertz CT molecular complexity index is 523. The van der Waals surface area contributed by atoms with Crippen LogP contribution in [0, 0.1) is 12.7 Å². The zero-order valence-corrected chi connectivity index (χ0v) is 10.3. The Balaban J connectivity index is 2.04. The summed E-state index contributed by atoms with van der Waals surface area (Å²) >= 11 is 0. The Labute approximate surface area is 106 Å².